The summed E-state index contributed by atoms with van der Waals surface area (Å²) in [6, 6.07) is 10.1. The van der Waals surface area contributed by atoms with Gasteiger partial charge in [-0.2, -0.15) is 0 Å². The minimum absolute atomic E-state index is 0.164. The summed E-state index contributed by atoms with van der Waals surface area (Å²) >= 11 is 0. The highest BCUT2D eigenvalue weighted by atomic mass is 16.5. The molecule has 0 spiro atoms. The van der Waals surface area contributed by atoms with Gasteiger partial charge in [-0.05, 0) is 18.4 Å². The second kappa shape index (κ2) is 6.68. The van der Waals surface area contributed by atoms with Crippen molar-refractivity contribution in [2.45, 2.75) is 32.3 Å². The number of ether oxygens (including phenoxy) is 1. The average molecular weight is 216 g/mol. The van der Waals surface area contributed by atoms with Gasteiger partial charge in [-0.1, -0.05) is 30.3 Å². The highest BCUT2D eigenvalue weighted by molar-refractivity contribution is 5.66. The van der Waals surface area contributed by atoms with Crippen molar-refractivity contribution >= 4 is 5.97 Å². The first kappa shape index (κ1) is 12.3. The number of carbonyl (C=O) groups excluding carboxylic acids is 1. The van der Waals surface area contributed by atoms with Crippen molar-refractivity contribution in [3.8, 4) is 12.3 Å². The molecule has 0 aliphatic heterocycles. The highest BCUT2D eigenvalue weighted by Crippen LogP contribution is 2.10. The van der Waals surface area contributed by atoms with Crippen LogP contribution in [0, 0.1) is 12.3 Å². The van der Waals surface area contributed by atoms with Gasteiger partial charge in [-0.3, -0.25) is 4.79 Å². The molecule has 2 nitrogen and oxygen atoms in total. The highest BCUT2D eigenvalue weighted by Gasteiger charge is 2.10. The Morgan fingerprint density at radius 2 is 2.12 bits per heavy atom. The molecule has 2 heteroatoms. The van der Waals surface area contributed by atoms with Crippen LogP contribution in [0.25, 0.3) is 0 Å². The summed E-state index contributed by atoms with van der Waals surface area (Å²) in [5.74, 6) is 2.26. The number of benzene rings is 1. The van der Waals surface area contributed by atoms with Crippen LogP contribution in [0.1, 0.15) is 25.3 Å². The minimum Gasteiger partial charge on any atom is -0.462 e. The summed E-state index contributed by atoms with van der Waals surface area (Å²) in [7, 11) is 0. The molecule has 0 N–H and O–H groups in total. The maximum atomic E-state index is 10.8. The van der Waals surface area contributed by atoms with E-state index in [1.165, 1.54) is 12.5 Å². The third-order valence-electron chi connectivity index (χ3n) is 2.28. The van der Waals surface area contributed by atoms with E-state index in [-0.39, 0.29) is 12.1 Å². The predicted octanol–water partition coefficient (Wildman–Crippen LogP) is 2.57. The van der Waals surface area contributed by atoms with Crippen LogP contribution >= 0.6 is 0 Å². The lowest BCUT2D eigenvalue weighted by molar-refractivity contribution is -0.146. The van der Waals surface area contributed by atoms with Gasteiger partial charge < -0.3 is 4.74 Å². The van der Waals surface area contributed by atoms with E-state index < -0.39 is 0 Å². The molecule has 0 heterocycles. The van der Waals surface area contributed by atoms with Crippen LogP contribution in [0.3, 0.4) is 0 Å². The number of hydrogen-bond acceptors (Lipinski definition) is 2. The molecule has 0 aliphatic rings. The van der Waals surface area contributed by atoms with E-state index in [0.29, 0.717) is 6.42 Å². The van der Waals surface area contributed by atoms with Crippen LogP contribution in [0.15, 0.2) is 30.3 Å². The molecule has 1 aromatic rings. The average Bonchev–Trinajstić information content (AvgIpc) is 2.27. The van der Waals surface area contributed by atoms with Crippen molar-refractivity contribution in [3.05, 3.63) is 35.9 Å². The second-order valence-electron chi connectivity index (χ2n) is 3.66. The van der Waals surface area contributed by atoms with Gasteiger partial charge in [-0.25, -0.2) is 0 Å². The Labute approximate surface area is 96.6 Å². The number of aryl methyl sites for hydroxylation is 1. The molecule has 0 radical (unpaired) electrons. The van der Waals surface area contributed by atoms with Gasteiger partial charge in [0.15, 0.2) is 0 Å². The van der Waals surface area contributed by atoms with Crippen molar-refractivity contribution in [3.63, 3.8) is 0 Å². The van der Waals surface area contributed by atoms with Gasteiger partial charge in [-0.15, -0.1) is 12.3 Å². The molecule has 0 amide bonds. The number of esters is 1. The SMILES string of the molecule is C#CCC(CCc1ccccc1)OC(C)=O. The fraction of sp³-hybridized carbons (Fsp3) is 0.357. The Bertz CT molecular complexity index is 362. The van der Waals surface area contributed by atoms with Crippen molar-refractivity contribution < 1.29 is 9.53 Å². The van der Waals surface area contributed by atoms with Crippen LogP contribution in [0.5, 0.6) is 0 Å². The Morgan fingerprint density at radius 3 is 2.69 bits per heavy atom. The molecule has 0 aromatic heterocycles. The van der Waals surface area contributed by atoms with Gasteiger partial charge in [0.05, 0.1) is 0 Å². The second-order valence-corrected chi connectivity index (χ2v) is 3.66. The predicted molar refractivity (Wildman–Crippen MR) is 63.8 cm³/mol. The van der Waals surface area contributed by atoms with E-state index >= 15 is 0 Å². The molecule has 1 atom stereocenters. The summed E-state index contributed by atoms with van der Waals surface area (Å²) < 4.78 is 5.13. The zero-order valence-corrected chi connectivity index (χ0v) is 9.48. The number of carbonyl (C=O) groups is 1. The molecule has 1 unspecified atom stereocenters. The molecule has 1 rings (SSSR count). The first-order chi connectivity index (χ1) is 7.72. The van der Waals surface area contributed by atoms with Crippen LogP contribution in [0.4, 0.5) is 0 Å². The smallest absolute Gasteiger partial charge is 0.302 e. The third-order valence-corrected chi connectivity index (χ3v) is 2.28. The topological polar surface area (TPSA) is 26.3 Å². The first-order valence-electron chi connectivity index (χ1n) is 5.37. The van der Waals surface area contributed by atoms with Crippen molar-refractivity contribution in [2.24, 2.45) is 0 Å². The minimum atomic E-state index is -0.270. The molecule has 1 aromatic carbocycles. The maximum Gasteiger partial charge on any atom is 0.302 e. The fourth-order valence-electron chi connectivity index (χ4n) is 1.54. The number of hydrogen-bond donors (Lipinski definition) is 0. The molecule has 0 saturated heterocycles. The van der Waals surface area contributed by atoms with Crippen LogP contribution in [0.2, 0.25) is 0 Å². The zero-order chi connectivity index (χ0) is 11.8. The standard InChI is InChI=1S/C14H16O2/c1-3-7-14(16-12(2)15)11-10-13-8-5-4-6-9-13/h1,4-6,8-9,14H,7,10-11H2,2H3. The molecule has 0 saturated carbocycles. The Kier molecular flexibility index (Phi) is 5.15. The lowest BCUT2D eigenvalue weighted by atomic mass is 10.1. The van der Waals surface area contributed by atoms with Crippen molar-refractivity contribution in [1.29, 1.82) is 0 Å². The molecule has 0 bridgehead atoms. The molecule has 84 valence electrons. The zero-order valence-electron chi connectivity index (χ0n) is 9.48. The largest absolute Gasteiger partial charge is 0.462 e. The van der Waals surface area contributed by atoms with E-state index in [1.54, 1.807) is 0 Å². The first-order valence-corrected chi connectivity index (χ1v) is 5.37. The third kappa shape index (κ3) is 4.65. The quantitative estimate of drug-likeness (QED) is 0.558. The van der Waals surface area contributed by atoms with E-state index in [4.69, 9.17) is 11.2 Å². The van der Waals surface area contributed by atoms with Crippen molar-refractivity contribution in [2.75, 3.05) is 0 Å². The maximum absolute atomic E-state index is 10.8. The summed E-state index contributed by atoms with van der Waals surface area (Å²) in [6.07, 6.45) is 7.19. The van der Waals surface area contributed by atoms with Gasteiger partial charge in [0.1, 0.15) is 6.10 Å². The summed E-state index contributed by atoms with van der Waals surface area (Å²) in [4.78, 5) is 10.8. The summed E-state index contributed by atoms with van der Waals surface area (Å²) in [5, 5.41) is 0. The van der Waals surface area contributed by atoms with Crippen LogP contribution < -0.4 is 0 Å². The molecule has 0 aliphatic carbocycles. The summed E-state index contributed by atoms with van der Waals surface area (Å²) in [5.41, 5.74) is 1.23. The van der Waals surface area contributed by atoms with E-state index in [1.807, 2.05) is 18.2 Å². The van der Waals surface area contributed by atoms with E-state index in [2.05, 4.69) is 18.1 Å². The lowest BCUT2D eigenvalue weighted by Gasteiger charge is -2.14. The number of terminal acetylenes is 1. The molecule has 0 fully saturated rings. The number of rotatable bonds is 5. The molecule has 16 heavy (non-hydrogen) atoms. The van der Waals surface area contributed by atoms with Gasteiger partial charge in [0.2, 0.25) is 0 Å². The van der Waals surface area contributed by atoms with Gasteiger partial charge in [0.25, 0.3) is 0 Å². The van der Waals surface area contributed by atoms with Gasteiger partial charge in [0, 0.05) is 13.3 Å². The normalized spacial score (nSPS) is 11.5. The summed E-state index contributed by atoms with van der Waals surface area (Å²) in [6.45, 7) is 1.41. The Hall–Kier alpha value is -1.75. The van der Waals surface area contributed by atoms with Gasteiger partial charge >= 0.3 is 5.97 Å². The van der Waals surface area contributed by atoms with Crippen LogP contribution in [-0.2, 0) is 16.0 Å². The van der Waals surface area contributed by atoms with Crippen LogP contribution in [-0.4, -0.2) is 12.1 Å². The fourth-order valence-corrected chi connectivity index (χ4v) is 1.54. The Morgan fingerprint density at radius 1 is 1.44 bits per heavy atom. The van der Waals surface area contributed by atoms with Crippen molar-refractivity contribution in [1.82, 2.24) is 0 Å². The Balaban J connectivity index is 2.44. The van der Waals surface area contributed by atoms with E-state index in [9.17, 15) is 4.79 Å². The monoisotopic (exact) mass is 216 g/mol. The van der Waals surface area contributed by atoms with E-state index in [0.717, 1.165) is 12.8 Å². The lowest BCUT2D eigenvalue weighted by Crippen LogP contribution is -2.16. The molecular formula is C14H16O2. The molecular weight excluding hydrogens is 200 g/mol.